The molecule has 0 fully saturated rings. The van der Waals surface area contributed by atoms with Gasteiger partial charge >= 0.3 is 5.97 Å². The van der Waals surface area contributed by atoms with Crippen molar-refractivity contribution in [1.29, 1.82) is 0 Å². The third kappa shape index (κ3) is 3.31. The summed E-state index contributed by atoms with van der Waals surface area (Å²) in [7, 11) is 0. The van der Waals surface area contributed by atoms with Crippen molar-refractivity contribution in [3.63, 3.8) is 0 Å². The summed E-state index contributed by atoms with van der Waals surface area (Å²) in [6.45, 7) is 5.15. The van der Waals surface area contributed by atoms with Gasteiger partial charge < -0.3 is 9.84 Å². The molecule has 2 aromatic heterocycles. The molecule has 0 aromatic carbocycles. The Bertz CT molecular complexity index is 562. The van der Waals surface area contributed by atoms with Gasteiger partial charge in [0.15, 0.2) is 10.7 Å². The van der Waals surface area contributed by atoms with Crippen molar-refractivity contribution in [1.82, 2.24) is 14.8 Å². The minimum absolute atomic E-state index is 0.204. The zero-order chi connectivity index (χ0) is 13.8. The third-order valence-electron chi connectivity index (χ3n) is 2.41. The highest BCUT2D eigenvalue weighted by atomic mass is 32.1. The summed E-state index contributed by atoms with van der Waals surface area (Å²) in [5.41, 5.74) is 0. The number of carboxylic acids is 1. The van der Waals surface area contributed by atoms with Crippen molar-refractivity contribution in [2.45, 2.75) is 27.0 Å². The summed E-state index contributed by atoms with van der Waals surface area (Å²) in [5, 5.41) is 14.8. The van der Waals surface area contributed by atoms with Gasteiger partial charge in [-0.05, 0) is 17.4 Å². The Labute approximate surface area is 114 Å². The Balaban J connectivity index is 2.04. The summed E-state index contributed by atoms with van der Waals surface area (Å²) in [5.74, 6) is 0.540. The van der Waals surface area contributed by atoms with Gasteiger partial charge in [-0.15, -0.1) is 11.3 Å². The van der Waals surface area contributed by atoms with Gasteiger partial charge in [-0.1, -0.05) is 13.8 Å². The van der Waals surface area contributed by atoms with Gasteiger partial charge in [0.25, 0.3) is 0 Å². The number of aromatic nitrogens is 3. The number of rotatable bonds is 6. The van der Waals surface area contributed by atoms with Crippen LogP contribution in [0.5, 0.6) is 5.75 Å². The van der Waals surface area contributed by atoms with E-state index in [4.69, 9.17) is 9.84 Å². The van der Waals surface area contributed by atoms with E-state index >= 15 is 0 Å². The highest BCUT2D eigenvalue weighted by Crippen LogP contribution is 2.25. The van der Waals surface area contributed by atoms with E-state index in [1.807, 2.05) is 0 Å². The summed E-state index contributed by atoms with van der Waals surface area (Å²) in [6, 6.07) is 1.65. The van der Waals surface area contributed by atoms with Crippen LogP contribution >= 0.6 is 11.3 Å². The molecule has 0 spiro atoms. The zero-order valence-corrected chi connectivity index (χ0v) is 11.6. The molecule has 2 aromatic rings. The lowest BCUT2D eigenvalue weighted by Crippen LogP contribution is -2.12. The van der Waals surface area contributed by atoms with Crippen LogP contribution in [0, 0.1) is 5.92 Å². The summed E-state index contributed by atoms with van der Waals surface area (Å²) in [6.07, 6.45) is 1.48. The van der Waals surface area contributed by atoms with E-state index in [0.29, 0.717) is 17.5 Å². The molecule has 0 aliphatic heterocycles. The fourth-order valence-corrected chi connectivity index (χ4v) is 2.28. The van der Waals surface area contributed by atoms with Crippen LogP contribution in [0.3, 0.4) is 0 Å². The van der Waals surface area contributed by atoms with Crippen LogP contribution in [0.25, 0.3) is 0 Å². The van der Waals surface area contributed by atoms with Crippen LogP contribution in [-0.2, 0) is 13.2 Å². The van der Waals surface area contributed by atoms with Crippen LogP contribution in [0.15, 0.2) is 17.8 Å². The molecule has 0 aliphatic carbocycles. The first kappa shape index (κ1) is 13.5. The highest BCUT2D eigenvalue weighted by molar-refractivity contribution is 7.12. The molecule has 0 radical (unpaired) electrons. The number of thiophene rings is 1. The van der Waals surface area contributed by atoms with Crippen molar-refractivity contribution in [2.75, 3.05) is 0 Å². The summed E-state index contributed by atoms with van der Waals surface area (Å²) < 4.78 is 7.29. The maximum Gasteiger partial charge on any atom is 0.349 e. The molecule has 0 unspecified atom stereocenters. The Morgan fingerprint density at radius 1 is 1.58 bits per heavy atom. The predicted octanol–water partition coefficient (Wildman–Crippen LogP) is 2.27. The van der Waals surface area contributed by atoms with Crippen LogP contribution < -0.4 is 4.74 Å². The molecule has 1 N–H and O–H groups in total. The van der Waals surface area contributed by atoms with Gasteiger partial charge in [0.1, 0.15) is 18.7 Å². The van der Waals surface area contributed by atoms with E-state index in [0.717, 1.165) is 17.9 Å². The van der Waals surface area contributed by atoms with E-state index in [1.54, 1.807) is 16.1 Å². The lowest BCUT2D eigenvalue weighted by molar-refractivity contribution is 0.0697. The van der Waals surface area contributed by atoms with Gasteiger partial charge in [0.2, 0.25) is 0 Å². The molecule has 0 amide bonds. The van der Waals surface area contributed by atoms with Gasteiger partial charge in [-0.25, -0.2) is 14.5 Å². The second kappa shape index (κ2) is 5.83. The van der Waals surface area contributed by atoms with Crippen molar-refractivity contribution in [3.05, 3.63) is 28.5 Å². The standard InChI is InChI=1S/C12H15N3O3S/c1-8(2)5-15-10(13-7-14-15)6-18-9-3-4-19-11(9)12(16)17/h3-4,7-8H,5-6H2,1-2H3,(H,16,17). The van der Waals surface area contributed by atoms with Crippen LogP contribution in [0.2, 0.25) is 0 Å². The predicted molar refractivity (Wildman–Crippen MR) is 70.5 cm³/mol. The van der Waals surface area contributed by atoms with Crippen LogP contribution in [0.1, 0.15) is 29.3 Å². The Morgan fingerprint density at radius 3 is 3.05 bits per heavy atom. The molecule has 0 saturated heterocycles. The number of hydrogen-bond donors (Lipinski definition) is 1. The van der Waals surface area contributed by atoms with E-state index in [9.17, 15) is 4.79 Å². The lowest BCUT2D eigenvalue weighted by atomic mass is 10.2. The summed E-state index contributed by atoms with van der Waals surface area (Å²) >= 11 is 1.14. The minimum atomic E-state index is -0.978. The molecule has 6 nitrogen and oxygen atoms in total. The Morgan fingerprint density at radius 2 is 2.37 bits per heavy atom. The SMILES string of the molecule is CC(C)Cn1ncnc1COc1ccsc1C(=O)O. The van der Waals surface area contributed by atoms with Crippen LogP contribution in [-0.4, -0.2) is 25.8 Å². The first-order valence-electron chi connectivity index (χ1n) is 5.88. The van der Waals surface area contributed by atoms with E-state index in [2.05, 4.69) is 23.9 Å². The first-order valence-corrected chi connectivity index (χ1v) is 6.76. The largest absolute Gasteiger partial charge is 0.484 e. The van der Waals surface area contributed by atoms with Crippen molar-refractivity contribution in [3.8, 4) is 5.75 Å². The number of hydrogen-bond acceptors (Lipinski definition) is 5. The maximum atomic E-state index is 11.0. The minimum Gasteiger partial charge on any atom is -0.484 e. The quantitative estimate of drug-likeness (QED) is 0.879. The zero-order valence-electron chi connectivity index (χ0n) is 10.7. The smallest absolute Gasteiger partial charge is 0.349 e. The molecule has 0 aliphatic rings. The van der Waals surface area contributed by atoms with E-state index < -0.39 is 5.97 Å². The molecule has 7 heteroatoms. The average molecular weight is 281 g/mol. The van der Waals surface area contributed by atoms with E-state index in [1.165, 1.54) is 6.33 Å². The van der Waals surface area contributed by atoms with Gasteiger partial charge in [0.05, 0.1) is 0 Å². The second-order valence-corrected chi connectivity index (χ2v) is 5.38. The van der Waals surface area contributed by atoms with Gasteiger partial charge in [-0.3, -0.25) is 0 Å². The topological polar surface area (TPSA) is 77.2 Å². The molecule has 102 valence electrons. The molecule has 0 atom stereocenters. The molecule has 0 saturated carbocycles. The van der Waals surface area contributed by atoms with Crippen LogP contribution in [0.4, 0.5) is 0 Å². The van der Waals surface area contributed by atoms with Crippen molar-refractivity contribution in [2.24, 2.45) is 5.92 Å². The average Bonchev–Trinajstić information content (AvgIpc) is 2.94. The van der Waals surface area contributed by atoms with Crippen molar-refractivity contribution < 1.29 is 14.6 Å². The number of carboxylic acid groups (broad SMARTS) is 1. The maximum absolute atomic E-state index is 11.0. The molecule has 2 heterocycles. The highest BCUT2D eigenvalue weighted by Gasteiger charge is 2.14. The molecular weight excluding hydrogens is 266 g/mol. The molecular formula is C12H15N3O3S. The normalized spacial score (nSPS) is 10.9. The Kier molecular flexibility index (Phi) is 4.16. The number of nitrogens with zero attached hydrogens (tertiary/aromatic N) is 3. The lowest BCUT2D eigenvalue weighted by Gasteiger charge is -2.09. The number of ether oxygens (including phenoxy) is 1. The fourth-order valence-electron chi connectivity index (χ4n) is 1.61. The number of aromatic carboxylic acids is 1. The monoisotopic (exact) mass is 281 g/mol. The first-order chi connectivity index (χ1) is 9.08. The third-order valence-corrected chi connectivity index (χ3v) is 3.30. The van der Waals surface area contributed by atoms with Crippen molar-refractivity contribution >= 4 is 17.3 Å². The fraction of sp³-hybridized carbons (Fsp3) is 0.417. The molecule has 19 heavy (non-hydrogen) atoms. The van der Waals surface area contributed by atoms with Gasteiger partial charge in [-0.2, -0.15) is 5.10 Å². The van der Waals surface area contributed by atoms with E-state index in [-0.39, 0.29) is 11.5 Å². The molecule has 2 rings (SSSR count). The number of carbonyl (C=O) groups is 1. The second-order valence-electron chi connectivity index (χ2n) is 4.46. The van der Waals surface area contributed by atoms with Gasteiger partial charge in [0, 0.05) is 6.54 Å². The summed E-state index contributed by atoms with van der Waals surface area (Å²) in [4.78, 5) is 15.3. The Hall–Kier alpha value is -1.89. The molecule has 0 bridgehead atoms.